The standard InChI is InChI=1S/C21H27ClN4O2S/c1-4-12-25-19(13-28-18-10-8-17(22)9-11-18)23-24-21(25)29-14-20(27)26-15(2)6-5-7-16(26)3/h4,8-11,15-16H,1,5-7,12-14H2,2-3H3. The second-order valence-electron chi connectivity index (χ2n) is 7.26. The number of hydrogen-bond donors (Lipinski definition) is 0. The molecule has 1 amide bonds. The molecule has 1 aliphatic rings. The van der Waals surface area contributed by atoms with E-state index in [2.05, 4.69) is 30.6 Å². The van der Waals surface area contributed by atoms with Gasteiger partial charge in [-0.3, -0.25) is 9.36 Å². The summed E-state index contributed by atoms with van der Waals surface area (Å²) in [5.74, 6) is 1.90. The van der Waals surface area contributed by atoms with E-state index in [4.69, 9.17) is 16.3 Å². The molecule has 8 heteroatoms. The number of likely N-dealkylation sites (tertiary alicyclic amines) is 1. The highest BCUT2D eigenvalue weighted by Crippen LogP contribution is 2.25. The van der Waals surface area contributed by atoms with E-state index in [0.717, 1.165) is 12.8 Å². The third-order valence-corrected chi connectivity index (χ3v) is 6.30. The number of piperidine rings is 1. The van der Waals surface area contributed by atoms with Gasteiger partial charge in [0.25, 0.3) is 0 Å². The average molecular weight is 435 g/mol. The van der Waals surface area contributed by atoms with E-state index in [1.807, 2.05) is 21.6 Å². The van der Waals surface area contributed by atoms with Crippen LogP contribution in [0.25, 0.3) is 0 Å². The van der Waals surface area contributed by atoms with Crippen LogP contribution in [0.1, 0.15) is 38.9 Å². The molecule has 0 saturated carbocycles. The summed E-state index contributed by atoms with van der Waals surface area (Å²) in [4.78, 5) is 14.8. The predicted octanol–water partition coefficient (Wildman–Crippen LogP) is 4.58. The number of allylic oxidation sites excluding steroid dienone is 1. The lowest BCUT2D eigenvalue weighted by Crippen LogP contribution is -2.48. The quantitative estimate of drug-likeness (QED) is 0.449. The summed E-state index contributed by atoms with van der Waals surface area (Å²) in [7, 11) is 0. The van der Waals surface area contributed by atoms with Crippen LogP contribution in [0.2, 0.25) is 5.02 Å². The summed E-state index contributed by atoms with van der Waals surface area (Å²) in [5.41, 5.74) is 0. The Morgan fingerprint density at radius 1 is 1.28 bits per heavy atom. The first-order valence-corrected chi connectivity index (χ1v) is 11.2. The fourth-order valence-electron chi connectivity index (χ4n) is 3.64. The van der Waals surface area contributed by atoms with E-state index in [0.29, 0.717) is 46.1 Å². The van der Waals surface area contributed by atoms with Gasteiger partial charge in [0.05, 0.1) is 5.75 Å². The van der Waals surface area contributed by atoms with Crippen LogP contribution in [0.15, 0.2) is 42.1 Å². The van der Waals surface area contributed by atoms with Gasteiger partial charge in [0.15, 0.2) is 11.0 Å². The summed E-state index contributed by atoms with van der Waals surface area (Å²) >= 11 is 7.32. The number of rotatable bonds is 8. The van der Waals surface area contributed by atoms with Gasteiger partial charge in [0.1, 0.15) is 12.4 Å². The molecule has 1 saturated heterocycles. The van der Waals surface area contributed by atoms with Crippen molar-refractivity contribution < 1.29 is 9.53 Å². The van der Waals surface area contributed by atoms with Gasteiger partial charge in [0.2, 0.25) is 5.91 Å². The highest BCUT2D eigenvalue weighted by molar-refractivity contribution is 7.99. The molecule has 0 aliphatic carbocycles. The Morgan fingerprint density at radius 2 is 1.97 bits per heavy atom. The molecule has 2 unspecified atom stereocenters. The van der Waals surface area contributed by atoms with Crippen LogP contribution in [-0.4, -0.2) is 43.4 Å². The summed E-state index contributed by atoms with van der Waals surface area (Å²) in [6.45, 7) is 8.91. The molecule has 2 aromatic rings. The predicted molar refractivity (Wildman–Crippen MR) is 116 cm³/mol. The van der Waals surface area contributed by atoms with Crippen molar-refractivity contribution >= 4 is 29.3 Å². The highest BCUT2D eigenvalue weighted by Gasteiger charge is 2.29. The summed E-state index contributed by atoms with van der Waals surface area (Å²) in [6.07, 6.45) is 5.11. The zero-order valence-corrected chi connectivity index (χ0v) is 18.5. The topological polar surface area (TPSA) is 60.2 Å². The number of aromatic nitrogens is 3. The van der Waals surface area contributed by atoms with E-state index in [-0.39, 0.29) is 12.5 Å². The molecule has 2 atom stereocenters. The third kappa shape index (κ3) is 5.54. The zero-order valence-electron chi connectivity index (χ0n) is 16.9. The number of thioether (sulfide) groups is 1. The number of nitrogens with zero attached hydrogens (tertiary/aromatic N) is 4. The monoisotopic (exact) mass is 434 g/mol. The Labute approximate surface area is 181 Å². The van der Waals surface area contributed by atoms with E-state index in [9.17, 15) is 4.79 Å². The van der Waals surface area contributed by atoms with Crippen molar-refractivity contribution in [2.45, 2.75) is 63.5 Å². The van der Waals surface area contributed by atoms with Crippen molar-refractivity contribution in [2.24, 2.45) is 0 Å². The third-order valence-electron chi connectivity index (χ3n) is 5.09. The lowest BCUT2D eigenvalue weighted by Gasteiger charge is -2.39. The lowest BCUT2D eigenvalue weighted by molar-refractivity contribution is -0.134. The van der Waals surface area contributed by atoms with Crippen LogP contribution in [0.5, 0.6) is 5.75 Å². The van der Waals surface area contributed by atoms with Crippen molar-refractivity contribution in [1.82, 2.24) is 19.7 Å². The smallest absolute Gasteiger partial charge is 0.233 e. The molecule has 0 radical (unpaired) electrons. The number of carbonyl (C=O) groups is 1. The second-order valence-corrected chi connectivity index (χ2v) is 8.64. The molecule has 2 heterocycles. The molecule has 1 fully saturated rings. The maximum absolute atomic E-state index is 12.8. The van der Waals surface area contributed by atoms with Crippen molar-refractivity contribution in [3.05, 3.63) is 47.8 Å². The van der Waals surface area contributed by atoms with E-state index in [1.165, 1.54) is 18.2 Å². The maximum Gasteiger partial charge on any atom is 0.233 e. The van der Waals surface area contributed by atoms with Gasteiger partial charge in [-0.2, -0.15) is 0 Å². The van der Waals surface area contributed by atoms with Crippen LogP contribution in [0.3, 0.4) is 0 Å². The van der Waals surface area contributed by atoms with E-state index in [1.54, 1.807) is 18.2 Å². The average Bonchev–Trinajstić information content (AvgIpc) is 3.08. The number of carbonyl (C=O) groups excluding carboxylic acids is 1. The molecule has 6 nitrogen and oxygen atoms in total. The Kier molecular flexibility index (Phi) is 7.61. The van der Waals surface area contributed by atoms with Crippen LogP contribution in [0.4, 0.5) is 0 Å². The van der Waals surface area contributed by atoms with Gasteiger partial charge in [0, 0.05) is 23.7 Å². The fourth-order valence-corrected chi connectivity index (χ4v) is 4.60. The number of amides is 1. The molecule has 1 aliphatic heterocycles. The van der Waals surface area contributed by atoms with Gasteiger partial charge in [-0.15, -0.1) is 16.8 Å². The minimum Gasteiger partial charge on any atom is -0.486 e. The number of benzene rings is 1. The zero-order chi connectivity index (χ0) is 20.8. The van der Waals surface area contributed by atoms with Crippen molar-refractivity contribution in [3.8, 4) is 5.75 Å². The Bertz CT molecular complexity index is 830. The number of ether oxygens (including phenoxy) is 1. The molecule has 3 rings (SSSR count). The number of hydrogen-bond acceptors (Lipinski definition) is 5. The first-order chi connectivity index (χ1) is 14.0. The van der Waals surface area contributed by atoms with Gasteiger partial charge in [-0.05, 0) is 57.4 Å². The van der Waals surface area contributed by atoms with Crippen molar-refractivity contribution in [2.75, 3.05) is 5.75 Å². The first-order valence-electron chi connectivity index (χ1n) is 9.85. The lowest BCUT2D eigenvalue weighted by atomic mass is 9.98. The highest BCUT2D eigenvalue weighted by atomic mass is 35.5. The number of halogens is 1. The molecular weight excluding hydrogens is 408 g/mol. The Balaban J connectivity index is 1.64. The van der Waals surface area contributed by atoms with Crippen LogP contribution in [-0.2, 0) is 17.9 Å². The second kappa shape index (κ2) is 10.2. The largest absolute Gasteiger partial charge is 0.486 e. The SMILES string of the molecule is C=CCn1c(COc2ccc(Cl)cc2)nnc1SCC(=O)N1C(C)CCCC1C. The van der Waals surface area contributed by atoms with Crippen molar-refractivity contribution in [1.29, 1.82) is 0 Å². The molecule has 0 N–H and O–H groups in total. The summed E-state index contributed by atoms with van der Waals surface area (Å²) in [6, 6.07) is 7.77. The molecule has 0 bridgehead atoms. The van der Waals surface area contributed by atoms with Crippen LogP contribution >= 0.6 is 23.4 Å². The first kappa shape index (κ1) is 21.7. The normalized spacial score (nSPS) is 19.2. The van der Waals surface area contributed by atoms with E-state index >= 15 is 0 Å². The van der Waals surface area contributed by atoms with E-state index < -0.39 is 0 Å². The van der Waals surface area contributed by atoms with Crippen LogP contribution < -0.4 is 4.74 Å². The summed E-state index contributed by atoms with van der Waals surface area (Å²) < 4.78 is 7.73. The molecule has 1 aromatic carbocycles. The van der Waals surface area contributed by atoms with Gasteiger partial charge in [-0.25, -0.2) is 0 Å². The van der Waals surface area contributed by atoms with Crippen LogP contribution in [0, 0.1) is 0 Å². The molecule has 0 spiro atoms. The fraction of sp³-hybridized carbons (Fsp3) is 0.476. The Hall–Kier alpha value is -1.99. The maximum atomic E-state index is 12.8. The molecule has 1 aromatic heterocycles. The molecular formula is C21H27ClN4O2S. The van der Waals surface area contributed by atoms with Crippen molar-refractivity contribution in [3.63, 3.8) is 0 Å². The van der Waals surface area contributed by atoms with Gasteiger partial charge in [-0.1, -0.05) is 29.4 Å². The minimum absolute atomic E-state index is 0.154. The van der Waals surface area contributed by atoms with Gasteiger partial charge >= 0.3 is 0 Å². The molecule has 29 heavy (non-hydrogen) atoms. The summed E-state index contributed by atoms with van der Waals surface area (Å²) in [5, 5.41) is 9.89. The Morgan fingerprint density at radius 3 is 2.62 bits per heavy atom. The molecule has 156 valence electrons. The van der Waals surface area contributed by atoms with Gasteiger partial charge < -0.3 is 9.64 Å². The minimum atomic E-state index is 0.154.